The summed E-state index contributed by atoms with van der Waals surface area (Å²) in [4.78, 5) is 28.1. The van der Waals surface area contributed by atoms with Crippen LogP contribution in [0.1, 0.15) is 25.8 Å². The minimum atomic E-state index is -0.902. The second kappa shape index (κ2) is 8.14. The van der Waals surface area contributed by atoms with Gasteiger partial charge in [0, 0.05) is 31.5 Å². The number of amides is 2. The summed E-state index contributed by atoms with van der Waals surface area (Å²) in [6.45, 7) is 4.57. The first-order valence-corrected chi connectivity index (χ1v) is 6.69. The Hall–Kier alpha value is -2.11. The van der Waals surface area contributed by atoms with E-state index in [-0.39, 0.29) is 18.5 Å². The number of aliphatic carboxylic acids is 1. The number of carbonyl (C=O) groups is 2. The van der Waals surface area contributed by atoms with Crippen LogP contribution in [-0.4, -0.2) is 46.1 Å². The van der Waals surface area contributed by atoms with Gasteiger partial charge in [-0.3, -0.25) is 9.78 Å². The summed E-state index contributed by atoms with van der Waals surface area (Å²) in [6.07, 6.45) is 4.10. The van der Waals surface area contributed by atoms with Crippen LogP contribution in [0.4, 0.5) is 4.79 Å². The van der Waals surface area contributed by atoms with E-state index in [1.807, 2.05) is 19.1 Å². The van der Waals surface area contributed by atoms with Crippen molar-refractivity contribution in [2.45, 2.75) is 32.7 Å². The van der Waals surface area contributed by atoms with Crippen molar-refractivity contribution in [1.82, 2.24) is 15.2 Å². The summed E-state index contributed by atoms with van der Waals surface area (Å²) < 4.78 is 0. The number of urea groups is 1. The molecule has 2 amide bonds. The fraction of sp³-hybridized carbons (Fsp3) is 0.500. The van der Waals surface area contributed by atoms with Gasteiger partial charge >= 0.3 is 12.0 Å². The normalized spacial score (nSPS) is 11.7. The number of nitrogens with one attached hydrogen (secondary N) is 1. The Balaban J connectivity index is 2.41. The molecule has 20 heavy (non-hydrogen) atoms. The monoisotopic (exact) mass is 279 g/mol. The maximum Gasteiger partial charge on any atom is 0.317 e. The Labute approximate surface area is 118 Å². The van der Waals surface area contributed by atoms with E-state index in [4.69, 9.17) is 5.11 Å². The van der Waals surface area contributed by atoms with Crippen molar-refractivity contribution >= 4 is 12.0 Å². The molecule has 6 heteroatoms. The summed E-state index contributed by atoms with van der Waals surface area (Å²) in [6, 6.07) is 3.25. The summed E-state index contributed by atoms with van der Waals surface area (Å²) in [7, 11) is 0. The molecule has 1 unspecified atom stereocenters. The van der Waals surface area contributed by atoms with Gasteiger partial charge in [0.05, 0.1) is 6.42 Å². The molecule has 1 aromatic rings. The fourth-order valence-electron chi connectivity index (χ4n) is 1.98. The zero-order valence-electron chi connectivity index (χ0n) is 11.9. The number of nitrogens with zero attached hydrogens (tertiary/aromatic N) is 2. The number of carboxylic acids is 1. The van der Waals surface area contributed by atoms with Crippen LogP contribution in [-0.2, 0) is 11.2 Å². The molecule has 0 bridgehead atoms. The minimum absolute atomic E-state index is 0.0500. The molecule has 1 atom stereocenters. The highest BCUT2D eigenvalue weighted by atomic mass is 16.4. The maximum atomic E-state index is 12.0. The van der Waals surface area contributed by atoms with Gasteiger partial charge in [-0.2, -0.15) is 0 Å². The number of carbonyl (C=O) groups excluding carboxylic acids is 1. The number of hydrogen-bond donors (Lipinski definition) is 2. The lowest BCUT2D eigenvalue weighted by Gasteiger charge is -2.27. The first kappa shape index (κ1) is 15.9. The van der Waals surface area contributed by atoms with Crippen molar-refractivity contribution < 1.29 is 14.7 Å². The van der Waals surface area contributed by atoms with Crippen LogP contribution in [0.15, 0.2) is 24.5 Å². The predicted octanol–water partition coefficient (Wildman–Crippen LogP) is 1.52. The molecule has 1 heterocycles. The van der Waals surface area contributed by atoms with Crippen LogP contribution in [0, 0.1) is 0 Å². The Morgan fingerprint density at radius 1 is 1.40 bits per heavy atom. The van der Waals surface area contributed by atoms with E-state index in [9.17, 15) is 9.59 Å². The van der Waals surface area contributed by atoms with Crippen molar-refractivity contribution in [1.29, 1.82) is 0 Å². The predicted molar refractivity (Wildman–Crippen MR) is 75.4 cm³/mol. The van der Waals surface area contributed by atoms with E-state index in [1.54, 1.807) is 19.3 Å². The van der Waals surface area contributed by atoms with Crippen molar-refractivity contribution in [3.8, 4) is 0 Å². The number of carboxylic acid groups (broad SMARTS) is 1. The van der Waals surface area contributed by atoms with E-state index in [0.29, 0.717) is 13.1 Å². The zero-order chi connectivity index (χ0) is 15.0. The second-order valence-corrected chi connectivity index (χ2v) is 4.57. The Kier molecular flexibility index (Phi) is 6.49. The second-order valence-electron chi connectivity index (χ2n) is 4.57. The number of pyridine rings is 1. The summed E-state index contributed by atoms with van der Waals surface area (Å²) in [5.74, 6) is -0.902. The van der Waals surface area contributed by atoms with Gasteiger partial charge < -0.3 is 15.3 Å². The molecule has 0 aromatic carbocycles. The highest BCUT2D eigenvalue weighted by molar-refractivity contribution is 5.75. The lowest BCUT2D eigenvalue weighted by Crippen LogP contribution is -2.46. The van der Waals surface area contributed by atoms with Gasteiger partial charge in [-0.15, -0.1) is 0 Å². The SMILES string of the molecule is CCN(C(=O)NCCc1ccncc1)C(C)CC(=O)O. The molecule has 0 saturated carbocycles. The van der Waals surface area contributed by atoms with Crippen molar-refractivity contribution in [2.24, 2.45) is 0 Å². The van der Waals surface area contributed by atoms with Gasteiger partial charge in [0.1, 0.15) is 0 Å². The molecule has 6 nitrogen and oxygen atoms in total. The van der Waals surface area contributed by atoms with Gasteiger partial charge in [0.25, 0.3) is 0 Å². The third kappa shape index (κ3) is 5.26. The van der Waals surface area contributed by atoms with Crippen LogP contribution in [0.25, 0.3) is 0 Å². The average molecular weight is 279 g/mol. The van der Waals surface area contributed by atoms with E-state index < -0.39 is 5.97 Å². The molecule has 0 saturated heterocycles. The molecular weight excluding hydrogens is 258 g/mol. The zero-order valence-corrected chi connectivity index (χ0v) is 11.9. The van der Waals surface area contributed by atoms with Crippen molar-refractivity contribution in [3.63, 3.8) is 0 Å². The third-order valence-electron chi connectivity index (χ3n) is 3.04. The lowest BCUT2D eigenvalue weighted by atomic mass is 10.2. The third-order valence-corrected chi connectivity index (χ3v) is 3.04. The molecule has 0 aliphatic rings. The summed E-state index contributed by atoms with van der Waals surface area (Å²) in [5, 5.41) is 11.6. The van der Waals surface area contributed by atoms with E-state index in [1.165, 1.54) is 4.90 Å². The molecule has 2 N–H and O–H groups in total. The number of aromatic nitrogens is 1. The van der Waals surface area contributed by atoms with Gasteiger partial charge in [-0.05, 0) is 38.0 Å². The van der Waals surface area contributed by atoms with Crippen LogP contribution >= 0.6 is 0 Å². The van der Waals surface area contributed by atoms with Gasteiger partial charge in [-0.25, -0.2) is 4.79 Å². The molecule has 0 fully saturated rings. The van der Waals surface area contributed by atoms with Crippen LogP contribution in [0.5, 0.6) is 0 Å². The van der Waals surface area contributed by atoms with E-state index >= 15 is 0 Å². The molecular formula is C14H21N3O3. The topological polar surface area (TPSA) is 82.5 Å². The Bertz CT molecular complexity index is 437. The number of hydrogen-bond acceptors (Lipinski definition) is 3. The van der Waals surface area contributed by atoms with Crippen molar-refractivity contribution in [3.05, 3.63) is 30.1 Å². The quantitative estimate of drug-likeness (QED) is 0.792. The first-order chi connectivity index (χ1) is 9.54. The molecule has 0 spiro atoms. The van der Waals surface area contributed by atoms with E-state index in [0.717, 1.165) is 12.0 Å². The standard InChI is InChI=1S/C14H21N3O3/c1-3-17(11(2)10-13(18)19)14(20)16-9-6-12-4-7-15-8-5-12/h4-5,7-8,11H,3,6,9-10H2,1-2H3,(H,16,20)(H,18,19). The molecule has 0 aliphatic carbocycles. The van der Waals surface area contributed by atoms with E-state index in [2.05, 4.69) is 10.3 Å². The molecule has 110 valence electrons. The highest BCUT2D eigenvalue weighted by Gasteiger charge is 2.20. The molecule has 0 aliphatic heterocycles. The first-order valence-electron chi connectivity index (χ1n) is 6.69. The average Bonchev–Trinajstić information content (AvgIpc) is 2.40. The van der Waals surface area contributed by atoms with Crippen LogP contribution < -0.4 is 5.32 Å². The Morgan fingerprint density at radius 2 is 2.05 bits per heavy atom. The molecule has 0 radical (unpaired) electrons. The van der Waals surface area contributed by atoms with Crippen LogP contribution in [0.2, 0.25) is 0 Å². The van der Waals surface area contributed by atoms with Crippen molar-refractivity contribution in [2.75, 3.05) is 13.1 Å². The smallest absolute Gasteiger partial charge is 0.317 e. The number of rotatable bonds is 7. The summed E-state index contributed by atoms with van der Waals surface area (Å²) >= 11 is 0. The fourth-order valence-corrected chi connectivity index (χ4v) is 1.98. The largest absolute Gasteiger partial charge is 0.481 e. The Morgan fingerprint density at radius 3 is 2.60 bits per heavy atom. The van der Waals surface area contributed by atoms with Gasteiger partial charge in [0.2, 0.25) is 0 Å². The highest BCUT2D eigenvalue weighted by Crippen LogP contribution is 2.04. The van der Waals surface area contributed by atoms with Crippen LogP contribution in [0.3, 0.4) is 0 Å². The summed E-state index contributed by atoms with van der Waals surface area (Å²) in [5.41, 5.74) is 1.10. The lowest BCUT2D eigenvalue weighted by molar-refractivity contribution is -0.138. The van der Waals surface area contributed by atoms with Gasteiger partial charge in [-0.1, -0.05) is 0 Å². The molecule has 1 aromatic heterocycles. The minimum Gasteiger partial charge on any atom is -0.481 e. The van der Waals surface area contributed by atoms with Gasteiger partial charge in [0.15, 0.2) is 0 Å². The molecule has 1 rings (SSSR count). The maximum absolute atomic E-state index is 12.0.